The number of para-hydroxylation sites is 1. The average molecular weight is 359 g/mol. The van der Waals surface area contributed by atoms with Crippen molar-refractivity contribution in [2.45, 2.75) is 19.9 Å². The third-order valence-electron chi connectivity index (χ3n) is 5.15. The normalized spacial score (nSPS) is 20.5. The molecule has 1 unspecified atom stereocenters. The summed E-state index contributed by atoms with van der Waals surface area (Å²) in [4.78, 5) is 41.8. The van der Waals surface area contributed by atoms with Gasteiger partial charge in [-0.25, -0.2) is 0 Å². The van der Waals surface area contributed by atoms with E-state index < -0.39 is 0 Å². The van der Waals surface area contributed by atoms with Crippen LogP contribution in [0.4, 0.5) is 0 Å². The Labute approximate surface area is 153 Å². The number of carbonyl (C=O) groups excluding carboxylic acids is 3. The Hall–Kier alpha value is -2.57. The van der Waals surface area contributed by atoms with Crippen molar-refractivity contribution in [1.29, 1.82) is 0 Å². The van der Waals surface area contributed by atoms with Gasteiger partial charge in [0.1, 0.15) is 5.75 Å². The number of benzene rings is 1. The van der Waals surface area contributed by atoms with Gasteiger partial charge in [0.2, 0.25) is 17.7 Å². The van der Waals surface area contributed by atoms with Gasteiger partial charge in [0, 0.05) is 58.2 Å². The summed E-state index contributed by atoms with van der Waals surface area (Å²) in [6.07, 6.45) is 0.251. The molecular formula is C19H25N3O4. The molecule has 7 nitrogen and oxygen atoms in total. The molecule has 2 fully saturated rings. The van der Waals surface area contributed by atoms with Crippen LogP contribution in [0, 0.1) is 5.92 Å². The Bertz CT molecular complexity index is 698. The summed E-state index contributed by atoms with van der Waals surface area (Å²) in [7, 11) is 1.61. The summed E-state index contributed by atoms with van der Waals surface area (Å²) < 4.78 is 5.34. The molecule has 0 bridgehead atoms. The van der Waals surface area contributed by atoms with Crippen LogP contribution < -0.4 is 4.74 Å². The highest BCUT2D eigenvalue weighted by atomic mass is 16.5. The number of ether oxygens (including phenoxy) is 1. The van der Waals surface area contributed by atoms with Gasteiger partial charge in [-0.2, -0.15) is 0 Å². The van der Waals surface area contributed by atoms with Gasteiger partial charge in [-0.1, -0.05) is 18.2 Å². The lowest BCUT2D eigenvalue weighted by Crippen LogP contribution is -2.51. The van der Waals surface area contributed by atoms with E-state index in [2.05, 4.69) is 0 Å². The molecule has 3 rings (SSSR count). The Morgan fingerprint density at radius 3 is 2.42 bits per heavy atom. The van der Waals surface area contributed by atoms with Crippen LogP contribution in [0.15, 0.2) is 24.3 Å². The zero-order chi connectivity index (χ0) is 18.7. The number of carbonyl (C=O) groups is 3. The van der Waals surface area contributed by atoms with Crippen LogP contribution in [0.1, 0.15) is 18.9 Å². The van der Waals surface area contributed by atoms with E-state index >= 15 is 0 Å². The maximum Gasteiger partial charge on any atom is 0.228 e. The molecule has 1 aromatic carbocycles. The van der Waals surface area contributed by atoms with Crippen molar-refractivity contribution in [3.63, 3.8) is 0 Å². The third kappa shape index (κ3) is 3.81. The maximum absolute atomic E-state index is 12.8. The highest BCUT2D eigenvalue weighted by molar-refractivity contribution is 5.89. The fourth-order valence-electron chi connectivity index (χ4n) is 3.63. The molecule has 2 aliphatic heterocycles. The second-order valence-corrected chi connectivity index (χ2v) is 6.82. The number of likely N-dealkylation sites (tertiary alicyclic amines) is 1. The largest absolute Gasteiger partial charge is 0.496 e. The molecule has 0 aromatic heterocycles. The molecule has 2 heterocycles. The van der Waals surface area contributed by atoms with Gasteiger partial charge in [-0.05, 0) is 6.07 Å². The molecule has 0 N–H and O–H groups in total. The summed E-state index contributed by atoms with van der Waals surface area (Å²) in [5.74, 6) is 0.494. The van der Waals surface area contributed by atoms with Crippen molar-refractivity contribution in [3.05, 3.63) is 29.8 Å². The smallest absolute Gasteiger partial charge is 0.228 e. The second-order valence-electron chi connectivity index (χ2n) is 6.82. The number of amides is 3. The van der Waals surface area contributed by atoms with E-state index in [4.69, 9.17) is 4.74 Å². The summed E-state index contributed by atoms with van der Waals surface area (Å²) >= 11 is 0. The number of hydrogen-bond donors (Lipinski definition) is 0. The monoisotopic (exact) mass is 359 g/mol. The van der Waals surface area contributed by atoms with E-state index in [1.54, 1.807) is 28.7 Å². The van der Waals surface area contributed by atoms with Gasteiger partial charge in [0.15, 0.2) is 0 Å². The van der Waals surface area contributed by atoms with Crippen molar-refractivity contribution in [2.24, 2.45) is 5.92 Å². The first kappa shape index (κ1) is 18.2. The molecule has 0 aliphatic carbocycles. The summed E-state index contributed by atoms with van der Waals surface area (Å²) in [6.45, 7) is 4.63. The van der Waals surface area contributed by atoms with Crippen molar-refractivity contribution in [2.75, 3.05) is 39.8 Å². The van der Waals surface area contributed by atoms with Crippen LogP contribution >= 0.6 is 0 Å². The minimum Gasteiger partial charge on any atom is -0.496 e. The lowest BCUT2D eigenvalue weighted by atomic mass is 10.1. The molecule has 0 radical (unpaired) electrons. The Balaban J connectivity index is 1.59. The summed E-state index contributed by atoms with van der Waals surface area (Å²) in [5, 5.41) is 0. The fraction of sp³-hybridized carbons (Fsp3) is 0.526. The molecular weight excluding hydrogens is 334 g/mol. The highest BCUT2D eigenvalue weighted by Gasteiger charge is 2.37. The van der Waals surface area contributed by atoms with Crippen LogP contribution in [0.25, 0.3) is 0 Å². The van der Waals surface area contributed by atoms with Gasteiger partial charge in [-0.15, -0.1) is 0 Å². The van der Waals surface area contributed by atoms with Crippen LogP contribution in [0.5, 0.6) is 5.75 Å². The van der Waals surface area contributed by atoms with Gasteiger partial charge in [0.05, 0.1) is 13.0 Å². The van der Waals surface area contributed by atoms with Crippen molar-refractivity contribution in [1.82, 2.24) is 14.7 Å². The molecule has 2 saturated heterocycles. The third-order valence-corrected chi connectivity index (χ3v) is 5.15. The number of methoxy groups -OCH3 is 1. The fourth-order valence-corrected chi connectivity index (χ4v) is 3.63. The molecule has 26 heavy (non-hydrogen) atoms. The van der Waals surface area contributed by atoms with Crippen molar-refractivity contribution < 1.29 is 19.1 Å². The SMILES string of the molecule is COc1ccccc1CN1CC(C(=O)N2CCN(C(C)=O)CC2)CC1=O. The highest BCUT2D eigenvalue weighted by Crippen LogP contribution is 2.26. The molecule has 3 amide bonds. The van der Waals surface area contributed by atoms with Crippen LogP contribution in [-0.4, -0.2) is 72.3 Å². The number of piperazine rings is 1. The Morgan fingerprint density at radius 2 is 1.77 bits per heavy atom. The van der Waals surface area contributed by atoms with Crippen molar-refractivity contribution in [3.8, 4) is 5.75 Å². The van der Waals surface area contributed by atoms with E-state index in [1.165, 1.54) is 0 Å². The molecule has 0 spiro atoms. The quantitative estimate of drug-likeness (QED) is 0.795. The van der Waals surface area contributed by atoms with Crippen LogP contribution in [0.3, 0.4) is 0 Å². The minimum atomic E-state index is -0.305. The lowest BCUT2D eigenvalue weighted by molar-refractivity contribution is -0.141. The molecule has 7 heteroatoms. The molecule has 140 valence electrons. The van der Waals surface area contributed by atoms with E-state index in [0.29, 0.717) is 39.3 Å². The molecule has 1 aromatic rings. The van der Waals surface area contributed by atoms with E-state index in [9.17, 15) is 14.4 Å². The predicted molar refractivity (Wildman–Crippen MR) is 95.4 cm³/mol. The summed E-state index contributed by atoms with van der Waals surface area (Å²) in [6, 6.07) is 7.60. The molecule has 2 aliphatic rings. The first-order chi connectivity index (χ1) is 12.5. The number of hydrogen-bond acceptors (Lipinski definition) is 4. The molecule has 1 atom stereocenters. The van der Waals surface area contributed by atoms with Crippen LogP contribution in [-0.2, 0) is 20.9 Å². The average Bonchev–Trinajstić information content (AvgIpc) is 3.02. The van der Waals surface area contributed by atoms with E-state index in [1.807, 2.05) is 24.3 Å². The maximum atomic E-state index is 12.8. The minimum absolute atomic E-state index is 0.00312. The predicted octanol–water partition coefficient (Wildman–Crippen LogP) is 0.734. The number of nitrogens with zero attached hydrogens (tertiary/aromatic N) is 3. The lowest BCUT2D eigenvalue weighted by Gasteiger charge is -2.35. The Morgan fingerprint density at radius 1 is 1.12 bits per heavy atom. The first-order valence-corrected chi connectivity index (χ1v) is 8.93. The zero-order valence-corrected chi connectivity index (χ0v) is 15.3. The second kappa shape index (κ2) is 7.76. The Kier molecular flexibility index (Phi) is 5.44. The standard InChI is InChI=1S/C19H25N3O4/c1-14(23)20-7-9-21(10-8-20)19(25)16-11-18(24)22(13-16)12-15-5-3-4-6-17(15)26-2/h3-6,16H,7-13H2,1-2H3. The van der Waals surface area contributed by atoms with Crippen molar-refractivity contribution >= 4 is 17.7 Å². The topological polar surface area (TPSA) is 70.2 Å². The van der Waals surface area contributed by atoms with Gasteiger partial charge in [0.25, 0.3) is 0 Å². The van der Waals surface area contributed by atoms with Gasteiger partial charge >= 0.3 is 0 Å². The van der Waals surface area contributed by atoms with E-state index in [-0.39, 0.29) is 30.1 Å². The molecule has 0 saturated carbocycles. The zero-order valence-electron chi connectivity index (χ0n) is 15.3. The van der Waals surface area contributed by atoms with Gasteiger partial charge < -0.3 is 19.4 Å². The number of rotatable bonds is 4. The van der Waals surface area contributed by atoms with E-state index in [0.717, 1.165) is 11.3 Å². The van der Waals surface area contributed by atoms with Gasteiger partial charge in [-0.3, -0.25) is 14.4 Å². The summed E-state index contributed by atoms with van der Waals surface area (Å²) in [5.41, 5.74) is 0.937. The first-order valence-electron chi connectivity index (χ1n) is 8.93. The van der Waals surface area contributed by atoms with Crippen LogP contribution in [0.2, 0.25) is 0 Å².